The van der Waals surface area contributed by atoms with E-state index in [4.69, 9.17) is 5.26 Å². The lowest BCUT2D eigenvalue weighted by molar-refractivity contribution is -0.117. The first-order chi connectivity index (χ1) is 10.2. The summed E-state index contributed by atoms with van der Waals surface area (Å²) in [6.07, 6.45) is 1.93. The van der Waals surface area contributed by atoms with E-state index in [0.717, 1.165) is 16.9 Å². The first-order valence-electron chi connectivity index (χ1n) is 6.19. The molecule has 1 aromatic carbocycles. The Hall–Kier alpha value is -3.21. The number of carbonyl (C=O) groups is 1. The zero-order valence-electron chi connectivity index (χ0n) is 11.2. The third-order valence-corrected chi connectivity index (χ3v) is 3.25. The van der Waals surface area contributed by atoms with Crippen LogP contribution in [-0.4, -0.2) is 33.6 Å². The first kappa shape index (κ1) is 12.8. The number of amides is 1. The highest BCUT2D eigenvalue weighted by atomic mass is 16.2. The molecule has 0 spiro atoms. The van der Waals surface area contributed by atoms with Crippen molar-refractivity contribution in [3.8, 4) is 6.07 Å². The highest BCUT2D eigenvalue weighted by molar-refractivity contribution is 6.01. The molecule has 21 heavy (non-hydrogen) atoms. The van der Waals surface area contributed by atoms with Crippen molar-refractivity contribution < 1.29 is 4.79 Å². The summed E-state index contributed by atoms with van der Waals surface area (Å²) in [5.74, 6) is 0.292. The van der Waals surface area contributed by atoms with E-state index in [9.17, 15) is 4.79 Å². The average molecular weight is 281 g/mol. The molecule has 0 fully saturated rings. The number of hydrogen-bond donors (Lipinski definition) is 2. The summed E-state index contributed by atoms with van der Waals surface area (Å²) in [5, 5.41) is 25.3. The van der Waals surface area contributed by atoms with E-state index in [1.54, 1.807) is 11.9 Å². The monoisotopic (exact) mass is 281 g/mol. The van der Waals surface area contributed by atoms with Crippen molar-refractivity contribution in [3.05, 3.63) is 35.8 Å². The zero-order chi connectivity index (χ0) is 14.8. The van der Waals surface area contributed by atoms with Gasteiger partial charge in [-0.05, 0) is 22.9 Å². The number of anilines is 2. The number of rotatable bonds is 3. The topological polar surface area (TPSA) is 111 Å². The number of tetrazole rings is 1. The number of carbonyl (C=O) groups excluding carboxylic acids is 1. The van der Waals surface area contributed by atoms with Gasteiger partial charge in [0.15, 0.2) is 0 Å². The maximum Gasteiger partial charge on any atom is 0.231 e. The number of nitriles is 1. The fourth-order valence-corrected chi connectivity index (χ4v) is 2.11. The van der Waals surface area contributed by atoms with Gasteiger partial charge in [-0.2, -0.15) is 10.5 Å². The molecule has 0 radical (unpaired) electrons. The van der Waals surface area contributed by atoms with Gasteiger partial charge in [-0.25, -0.2) is 0 Å². The van der Waals surface area contributed by atoms with Crippen LogP contribution in [0.15, 0.2) is 24.4 Å². The number of nitrogens with zero attached hydrogens (tertiary/aromatic N) is 5. The Morgan fingerprint density at radius 1 is 1.57 bits per heavy atom. The van der Waals surface area contributed by atoms with Crippen LogP contribution in [0, 0.1) is 11.3 Å². The Morgan fingerprint density at radius 3 is 3.14 bits per heavy atom. The standard InChI is InChI=1S/C13H11N7O/c1-20-11-5-10(3-2-8(11)4-12(20)21)15-7-9(6-14)13-16-18-19-17-13/h2-3,5,7,15H,4H2,1H3,(H,16,17,18,19). The van der Waals surface area contributed by atoms with Crippen molar-refractivity contribution in [2.45, 2.75) is 6.42 Å². The first-order valence-corrected chi connectivity index (χ1v) is 6.19. The Balaban J connectivity index is 1.84. The normalized spacial score (nSPS) is 14.0. The number of nitrogens with one attached hydrogen (secondary N) is 2. The van der Waals surface area contributed by atoms with E-state index in [1.165, 1.54) is 6.20 Å². The molecule has 1 aromatic heterocycles. The lowest BCUT2D eigenvalue weighted by Gasteiger charge is -2.11. The minimum absolute atomic E-state index is 0.0715. The van der Waals surface area contributed by atoms with Gasteiger partial charge in [0, 0.05) is 24.6 Å². The molecule has 2 aromatic rings. The zero-order valence-corrected chi connectivity index (χ0v) is 11.2. The lowest BCUT2D eigenvalue weighted by Crippen LogP contribution is -2.20. The van der Waals surface area contributed by atoms with Gasteiger partial charge in [-0.1, -0.05) is 6.07 Å². The molecule has 0 saturated carbocycles. The van der Waals surface area contributed by atoms with E-state index in [0.29, 0.717) is 6.42 Å². The van der Waals surface area contributed by atoms with Crippen LogP contribution in [-0.2, 0) is 11.2 Å². The Kier molecular flexibility index (Phi) is 3.08. The van der Waals surface area contributed by atoms with Crippen LogP contribution < -0.4 is 10.2 Å². The number of hydrogen-bond acceptors (Lipinski definition) is 6. The van der Waals surface area contributed by atoms with Crippen LogP contribution in [0.3, 0.4) is 0 Å². The van der Waals surface area contributed by atoms with Crippen LogP contribution in [0.5, 0.6) is 0 Å². The quantitative estimate of drug-likeness (QED) is 0.801. The summed E-state index contributed by atoms with van der Waals surface area (Å²) in [4.78, 5) is 13.3. The average Bonchev–Trinajstić information content (AvgIpc) is 3.10. The minimum Gasteiger partial charge on any atom is -0.360 e. The molecule has 8 heteroatoms. The molecule has 2 heterocycles. The molecule has 0 saturated heterocycles. The van der Waals surface area contributed by atoms with E-state index >= 15 is 0 Å². The molecule has 1 aliphatic heterocycles. The van der Waals surface area contributed by atoms with E-state index in [1.807, 2.05) is 24.3 Å². The molecule has 0 bridgehead atoms. The maximum atomic E-state index is 11.6. The summed E-state index contributed by atoms with van der Waals surface area (Å²) in [6.45, 7) is 0. The summed E-state index contributed by atoms with van der Waals surface area (Å²) in [7, 11) is 1.74. The molecule has 0 aliphatic carbocycles. The molecule has 2 N–H and O–H groups in total. The van der Waals surface area contributed by atoms with Gasteiger partial charge in [0.1, 0.15) is 11.6 Å². The van der Waals surface area contributed by atoms with Crippen LogP contribution in [0.1, 0.15) is 11.4 Å². The largest absolute Gasteiger partial charge is 0.360 e. The van der Waals surface area contributed by atoms with Gasteiger partial charge in [0.2, 0.25) is 11.7 Å². The van der Waals surface area contributed by atoms with Crippen LogP contribution >= 0.6 is 0 Å². The molecule has 8 nitrogen and oxygen atoms in total. The van der Waals surface area contributed by atoms with E-state index in [2.05, 4.69) is 25.9 Å². The second kappa shape index (κ2) is 5.05. The Labute approximate surface area is 120 Å². The van der Waals surface area contributed by atoms with Gasteiger partial charge in [-0.3, -0.25) is 4.79 Å². The van der Waals surface area contributed by atoms with Gasteiger partial charge in [0.25, 0.3) is 0 Å². The smallest absolute Gasteiger partial charge is 0.231 e. The molecule has 1 aliphatic rings. The third-order valence-electron chi connectivity index (χ3n) is 3.25. The fourth-order valence-electron chi connectivity index (χ4n) is 2.11. The molecule has 1 amide bonds. The summed E-state index contributed by atoms with van der Waals surface area (Å²) < 4.78 is 0. The van der Waals surface area contributed by atoms with Crippen LogP contribution in [0.2, 0.25) is 0 Å². The predicted octanol–water partition coefficient (Wildman–Crippen LogP) is 0.695. The number of aromatic amines is 1. The maximum absolute atomic E-state index is 11.6. The van der Waals surface area contributed by atoms with E-state index in [-0.39, 0.29) is 17.3 Å². The number of likely N-dealkylation sites (N-methyl/N-ethyl adjacent to an activating group) is 1. The predicted molar refractivity (Wildman–Crippen MR) is 74.9 cm³/mol. The highest BCUT2D eigenvalue weighted by Crippen LogP contribution is 2.30. The molecule has 3 rings (SSSR count). The van der Waals surface area contributed by atoms with Gasteiger partial charge in [0.05, 0.1) is 6.42 Å². The third kappa shape index (κ3) is 2.32. The second-order valence-corrected chi connectivity index (χ2v) is 4.52. The van der Waals surface area contributed by atoms with Crippen molar-refractivity contribution in [3.63, 3.8) is 0 Å². The van der Waals surface area contributed by atoms with Crippen molar-refractivity contribution in [2.24, 2.45) is 0 Å². The van der Waals surface area contributed by atoms with E-state index < -0.39 is 0 Å². The molecule has 104 valence electrons. The second-order valence-electron chi connectivity index (χ2n) is 4.52. The SMILES string of the molecule is CN1C(=O)Cc2ccc(NC=C(C#N)c3nn[nH]n3)cc21. The van der Waals surface area contributed by atoms with Crippen molar-refractivity contribution in [1.82, 2.24) is 20.6 Å². The lowest BCUT2D eigenvalue weighted by atomic mass is 10.1. The Morgan fingerprint density at radius 2 is 2.43 bits per heavy atom. The highest BCUT2D eigenvalue weighted by Gasteiger charge is 2.23. The number of benzene rings is 1. The number of fused-ring (bicyclic) bond motifs is 1. The van der Waals surface area contributed by atoms with Crippen molar-refractivity contribution in [2.75, 3.05) is 17.3 Å². The van der Waals surface area contributed by atoms with Crippen molar-refractivity contribution >= 4 is 22.9 Å². The molecular weight excluding hydrogens is 270 g/mol. The van der Waals surface area contributed by atoms with Gasteiger partial charge >= 0.3 is 0 Å². The fraction of sp³-hybridized carbons (Fsp3) is 0.154. The number of allylic oxidation sites excluding steroid dienone is 1. The summed E-state index contributed by atoms with van der Waals surface area (Å²) >= 11 is 0. The summed E-state index contributed by atoms with van der Waals surface area (Å²) in [6, 6.07) is 7.61. The number of H-pyrrole nitrogens is 1. The number of aromatic nitrogens is 4. The van der Waals surface area contributed by atoms with Crippen LogP contribution in [0.4, 0.5) is 11.4 Å². The Bertz CT molecular complexity index is 757. The molecule has 0 atom stereocenters. The van der Waals surface area contributed by atoms with Crippen molar-refractivity contribution in [1.29, 1.82) is 5.26 Å². The van der Waals surface area contributed by atoms with Gasteiger partial charge < -0.3 is 10.2 Å². The summed E-state index contributed by atoms with van der Waals surface area (Å²) in [5.41, 5.74) is 2.90. The molecule has 0 unspecified atom stereocenters. The van der Waals surface area contributed by atoms with Crippen LogP contribution in [0.25, 0.3) is 5.57 Å². The molecular formula is C13H11N7O. The van der Waals surface area contributed by atoms with Gasteiger partial charge in [-0.15, -0.1) is 10.2 Å². The minimum atomic E-state index is 0.0715.